The van der Waals surface area contributed by atoms with Crippen molar-refractivity contribution in [1.29, 1.82) is 0 Å². The number of nitrogens with two attached hydrogens (primary N) is 1. The van der Waals surface area contributed by atoms with Gasteiger partial charge in [0.15, 0.2) is 0 Å². The lowest BCUT2D eigenvalue weighted by Crippen LogP contribution is -2.45. The standard InChI is InChI=1S/C12H15ClFN/c1-2-8-10(6-12(8)15)9-4-3-7(14)5-11(9)13/h3-5,8,10,12H,2,6,15H2,1H3. The van der Waals surface area contributed by atoms with Gasteiger partial charge in [-0.25, -0.2) is 4.39 Å². The van der Waals surface area contributed by atoms with Crippen molar-refractivity contribution in [3.05, 3.63) is 34.6 Å². The van der Waals surface area contributed by atoms with Gasteiger partial charge in [0.25, 0.3) is 0 Å². The molecule has 1 aromatic carbocycles. The molecule has 2 rings (SSSR count). The molecule has 0 saturated heterocycles. The Bertz CT molecular complexity index is 367. The molecule has 3 unspecified atom stereocenters. The molecule has 3 atom stereocenters. The molecule has 1 nitrogen and oxygen atoms in total. The molecule has 1 aromatic rings. The van der Waals surface area contributed by atoms with Gasteiger partial charge in [-0.05, 0) is 36.0 Å². The van der Waals surface area contributed by atoms with Gasteiger partial charge in [-0.3, -0.25) is 0 Å². The zero-order valence-electron chi connectivity index (χ0n) is 8.71. The van der Waals surface area contributed by atoms with E-state index >= 15 is 0 Å². The molecular formula is C12H15ClFN. The maximum absolute atomic E-state index is 12.9. The van der Waals surface area contributed by atoms with Crippen molar-refractivity contribution in [2.45, 2.75) is 31.7 Å². The van der Waals surface area contributed by atoms with Gasteiger partial charge in [0.05, 0.1) is 0 Å². The van der Waals surface area contributed by atoms with Crippen LogP contribution in [0, 0.1) is 11.7 Å². The number of hydrogen-bond acceptors (Lipinski definition) is 1. The highest BCUT2D eigenvalue weighted by atomic mass is 35.5. The lowest BCUT2D eigenvalue weighted by atomic mass is 9.65. The maximum Gasteiger partial charge on any atom is 0.124 e. The zero-order chi connectivity index (χ0) is 11.0. The minimum atomic E-state index is -0.277. The van der Waals surface area contributed by atoms with E-state index in [1.165, 1.54) is 12.1 Å². The first-order valence-corrected chi connectivity index (χ1v) is 5.71. The predicted octanol–water partition coefficient (Wildman–Crippen LogP) is 3.32. The first-order chi connectivity index (χ1) is 7.13. The third-order valence-electron chi connectivity index (χ3n) is 3.43. The molecule has 82 valence electrons. The normalized spacial score (nSPS) is 30.0. The molecule has 0 amide bonds. The number of rotatable bonds is 2. The van der Waals surface area contributed by atoms with E-state index in [1.54, 1.807) is 6.07 Å². The second-order valence-corrected chi connectivity index (χ2v) is 4.65. The van der Waals surface area contributed by atoms with E-state index in [4.69, 9.17) is 17.3 Å². The van der Waals surface area contributed by atoms with E-state index in [9.17, 15) is 4.39 Å². The van der Waals surface area contributed by atoms with Crippen LogP contribution in [0.1, 0.15) is 31.2 Å². The average molecular weight is 228 g/mol. The smallest absolute Gasteiger partial charge is 0.124 e. The van der Waals surface area contributed by atoms with Crippen molar-refractivity contribution >= 4 is 11.6 Å². The lowest BCUT2D eigenvalue weighted by Gasteiger charge is -2.43. The molecule has 0 bridgehead atoms. The summed E-state index contributed by atoms with van der Waals surface area (Å²) in [5, 5.41) is 0.533. The molecule has 1 aliphatic carbocycles. The van der Waals surface area contributed by atoms with Crippen molar-refractivity contribution in [3.63, 3.8) is 0 Å². The Kier molecular flexibility index (Phi) is 2.98. The van der Waals surface area contributed by atoms with E-state index in [-0.39, 0.29) is 11.9 Å². The van der Waals surface area contributed by atoms with Crippen molar-refractivity contribution in [3.8, 4) is 0 Å². The Labute approximate surface area is 94.4 Å². The summed E-state index contributed by atoms with van der Waals surface area (Å²) in [6, 6.07) is 4.92. The predicted molar refractivity (Wildman–Crippen MR) is 60.5 cm³/mol. The van der Waals surface area contributed by atoms with Gasteiger partial charge in [-0.2, -0.15) is 0 Å². The molecular weight excluding hydrogens is 213 g/mol. The summed E-state index contributed by atoms with van der Waals surface area (Å²) in [6.45, 7) is 2.13. The van der Waals surface area contributed by atoms with Crippen LogP contribution in [0.2, 0.25) is 5.02 Å². The number of halogens is 2. The second-order valence-electron chi connectivity index (χ2n) is 4.24. The van der Waals surface area contributed by atoms with E-state index in [2.05, 4.69) is 6.92 Å². The minimum absolute atomic E-state index is 0.277. The highest BCUT2D eigenvalue weighted by Gasteiger charge is 2.38. The summed E-state index contributed by atoms with van der Waals surface area (Å²) in [4.78, 5) is 0. The Hall–Kier alpha value is -0.600. The van der Waals surface area contributed by atoms with Crippen LogP contribution in [0.5, 0.6) is 0 Å². The van der Waals surface area contributed by atoms with Crippen LogP contribution in [-0.2, 0) is 0 Å². The van der Waals surface area contributed by atoms with Gasteiger partial charge >= 0.3 is 0 Å². The summed E-state index contributed by atoms with van der Waals surface area (Å²) < 4.78 is 12.9. The summed E-state index contributed by atoms with van der Waals surface area (Å²) in [6.07, 6.45) is 2.02. The van der Waals surface area contributed by atoms with Crippen LogP contribution < -0.4 is 5.73 Å². The molecule has 15 heavy (non-hydrogen) atoms. The van der Waals surface area contributed by atoms with Gasteiger partial charge in [0.1, 0.15) is 5.82 Å². The molecule has 0 aromatic heterocycles. The highest BCUT2D eigenvalue weighted by molar-refractivity contribution is 6.31. The van der Waals surface area contributed by atoms with Crippen molar-refractivity contribution in [2.24, 2.45) is 11.7 Å². The van der Waals surface area contributed by atoms with Crippen molar-refractivity contribution in [2.75, 3.05) is 0 Å². The molecule has 0 heterocycles. The number of benzene rings is 1. The summed E-state index contributed by atoms with van der Waals surface area (Å²) in [7, 11) is 0. The molecule has 0 aliphatic heterocycles. The Balaban J connectivity index is 2.23. The van der Waals surface area contributed by atoms with Crippen LogP contribution in [0.4, 0.5) is 4.39 Å². The van der Waals surface area contributed by atoms with Crippen molar-refractivity contribution < 1.29 is 4.39 Å². The fourth-order valence-electron chi connectivity index (χ4n) is 2.49. The fraction of sp³-hybridized carbons (Fsp3) is 0.500. The van der Waals surface area contributed by atoms with E-state index in [0.29, 0.717) is 16.9 Å². The Morgan fingerprint density at radius 3 is 2.80 bits per heavy atom. The van der Waals surface area contributed by atoms with E-state index in [0.717, 1.165) is 18.4 Å². The minimum Gasteiger partial charge on any atom is -0.327 e. The van der Waals surface area contributed by atoms with Gasteiger partial charge < -0.3 is 5.73 Å². The van der Waals surface area contributed by atoms with Gasteiger partial charge in [-0.15, -0.1) is 0 Å². The summed E-state index contributed by atoms with van der Waals surface area (Å²) >= 11 is 6.03. The largest absolute Gasteiger partial charge is 0.327 e. The molecule has 0 radical (unpaired) electrons. The van der Waals surface area contributed by atoms with Gasteiger partial charge in [-0.1, -0.05) is 31.0 Å². The molecule has 2 N–H and O–H groups in total. The molecule has 0 spiro atoms. The van der Waals surface area contributed by atoms with Crippen LogP contribution >= 0.6 is 11.6 Å². The second kappa shape index (κ2) is 4.11. The Morgan fingerprint density at radius 1 is 1.53 bits per heavy atom. The summed E-state index contributed by atoms with van der Waals surface area (Å²) in [5.74, 6) is 0.631. The molecule has 1 saturated carbocycles. The first kappa shape index (κ1) is 10.9. The SMILES string of the molecule is CCC1C(N)CC1c1ccc(F)cc1Cl. The van der Waals surface area contributed by atoms with Crippen LogP contribution in [0.3, 0.4) is 0 Å². The van der Waals surface area contributed by atoms with Crippen LogP contribution in [0.15, 0.2) is 18.2 Å². The first-order valence-electron chi connectivity index (χ1n) is 5.34. The number of hydrogen-bond donors (Lipinski definition) is 1. The quantitative estimate of drug-likeness (QED) is 0.824. The van der Waals surface area contributed by atoms with Crippen LogP contribution in [0.25, 0.3) is 0 Å². The summed E-state index contributed by atoms with van der Waals surface area (Å²) in [5.41, 5.74) is 6.97. The zero-order valence-corrected chi connectivity index (χ0v) is 9.47. The third kappa shape index (κ3) is 1.88. The Morgan fingerprint density at radius 2 is 2.27 bits per heavy atom. The molecule has 1 fully saturated rings. The maximum atomic E-state index is 12.9. The lowest BCUT2D eigenvalue weighted by molar-refractivity contribution is 0.198. The molecule has 3 heteroatoms. The topological polar surface area (TPSA) is 26.0 Å². The van der Waals surface area contributed by atoms with Gasteiger partial charge in [0.2, 0.25) is 0 Å². The molecule has 1 aliphatic rings. The fourth-order valence-corrected chi connectivity index (χ4v) is 2.80. The van der Waals surface area contributed by atoms with Gasteiger partial charge in [0, 0.05) is 11.1 Å². The monoisotopic (exact) mass is 227 g/mol. The van der Waals surface area contributed by atoms with Crippen molar-refractivity contribution in [1.82, 2.24) is 0 Å². The average Bonchev–Trinajstić information content (AvgIpc) is 2.16. The van der Waals surface area contributed by atoms with Crippen LogP contribution in [-0.4, -0.2) is 6.04 Å². The van der Waals surface area contributed by atoms with E-state index < -0.39 is 0 Å². The van der Waals surface area contributed by atoms with E-state index in [1.807, 2.05) is 0 Å². The highest BCUT2D eigenvalue weighted by Crippen LogP contribution is 2.45. The third-order valence-corrected chi connectivity index (χ3v) is 3.75.